The molecule has 6 heteroatoms. The van der Waals surface area contributed by atoms with Crippen LogP contribution in [-0.2, 0) is 29.1 Å². The number of carbonyl (C=O) groups excluding carboxylic acids is 2. The van der Waals surface area contributed by atoms with Gasteiger partial charge >= 0.3 is 0 Å². The average molecular weight is 449 g/mol. The molecule has 0 spiro atoms. The fourth-order valence-corrected chi connectivity index (χ4v) is 3.62. The molecule has 2 aromatic carbocycles. The Hall–Kier alpha value is -3.54. The van der Waals surface area contributed by atoms with Crippen molar-refractivity contribution in [3.8, 4) is 5.75 Å². The Balaban J connectivity index is 1.73. The number of hydrogen-bond acceptors (Lipinski definition) is 4. The molecule has 0 saturated carbocycles. The Bertz CT molecular complexity index is 1040. The summed E-state index contributed by atoms with van der Waals surface area (Å²) < 4.78 is 10.9. The van der Waals surface area contributed by atoms with Gasteiger partial charge in [-0.2, -0.15) is 0 Å². The van der Waals surface area contributed by atoms with Gasteiger partial charge in [-0.1, -0.05) is 42.5 Å². The molecule has 0 radical (unpaired) electrons. The summed E-state index contributed by atoms with van der Waals surface area (Å²) in [6, 6.07) is 20.9. The van der Waals surface area contributed by atoms with Crippen molar-refractivity contribution in [2.24, 2.45) is 0 Å². The van der Waals surface area contributed by atoms with Crippen LogP contribution in [0.25, 0.3) is 0 Å². The lowest BCUT2D eigenvalue weighted by atomic mass is 10.1. The number of hydrogen-bond donors (Lipinski definition) is 0. The van der Waals surface area contributed by atoms with Crippen molar-refractivity contribution >= 4 is 11.8 Å². The van der Waals surface area contributed by atoms with Gasteiger partial charge in [0.05, 0.1) is 20.1 Å². The summed E-state index contributed by atoms with van der Waals surface area (Å²) in [5.41, 5.74) is 1.90. The lowest BCUT2D eigenvalue weighted by Gasteiger charge is -2.30. The van der Waals surface area contributed by atoms with Gasteiger partial charge in [0.15, 0.2) is 0 Å². The number of carbonyl (C=O) groups is 2. The number of methoxy groups -OCH3 is 1. The first kappa shape index (κ1) is 24.1. The second-order valence-electron chi connectivity index (χ2n) is 8.39. The highest BCUT2D eigenvalue weighted by Crippen LogP contribution is 2.16. The zero-order valence-corrected chi connectivity index (χ0v) is 19.8. The second-order valence-corrected chi connectivity index (χ2v) is 8.39. The molecule has 0 bridgehead atoms. The predicted octanol–water partition coefficient (Wildman–Crippen LogP) is 4.61. The van der Waals surface area contributed by atoms with Gasteiger partial charge in [-0.15, -0.1) is 0 Å². The minimum absolute atomic E-state index is 0.0131. The third-order valence-corrected chi connectivity index (χ3v) is 5.48. The van der Waals surface area contributed by atoms with Gasteiger partial charge < -0.3 is 19.0 Å². The van der Waals surface area contributed by atoms with Crippen LogP contribution in [-0.4, -0.2) is 41.3 Å². The van der Waals surface area contributed by atoms with E-state index < -0.39 is 0 Å². The lowest BCUT2D eigenvalue weighted by molar-refractivity contribution is -0.142. The zero-order chi connectivity index (χ0) is 23.8. The fourth-order valence-electron chi connectivity index (χ4n) is 3.62. The maximum atomic E-state index is 13.4. The molecule has 0 aliphatic rings. The molecule has 0 aliphatic heterocycles. The van der Waals surface area contributed by atoms with Gasteiger partial charge in [-0.05, 0) is 56.2 Å². The van der Waals surface area contributed by atoms with E-state index in [0.29, 0.717) is 13.1 Å². The number of furan rings is 1. The van der Waals surface area contributed by atoms with Crippen molar-refractivity contribution in [2.75, 3.05) is 13.7 Å². The van der Waals surface area contributed by atoms with Crippen molar-refractivity contribution in [1.82, 2.24) is 9.80 Å². The van der Waals surface area contributed by atoms with Crippen molar-refractivity contribution in [1.29, 1.82) is 0 Å². The summed E-state index contributed by atoms with van der Waals surface area (Å²) in [6.07, 6.45) is 0.228. The molecule has 0 atom stereocenters. The molecule has 2 amide bonds. The van der Waals surface area contributed by atoms with E-state index >= 15 is 0 Å². The zero-order valence-electron chi connectivity index (χ0n) is 19.8. The number of ether oxygens (including phenoxy) is 1. The minimum atomic E-state index is -0.121. The second kappa shape index (κ2) is 11.4. The quantitative estimate of drug-likeness (QED) is 0.455. The van der Waals surface area contributed by atoms with Crippen LogP contribution in [0.3, 0.4) is 0 Å². The van der Waals surface area contributed by atoms with Crippen molar-refractivity contribution < 1.29 is 18.7 Å². The van der Waals surface area contributed by atoms with E-state index in [0.717, 1.165) is 28.4 Å². The Kier molecular flexibility index (Phi) is 8.30. The summed E-state index contributed by atoms with van der Waals surface area (Å²) in [5, 5.41) is 0. The maximum Gasteiger partial charge on any atom is 0.242 e. The number of aryl methyl sites for hydroxylation is 1. The van der Waals surface area contributed by atoms with Crippen LogP contribution in [0.4, 0.5) is 0 Å². The summed E-state index contributed by atoms with van der Waals surface area (Å²) in [4.78, 5) is 29.9. The molecule has 33 heavy (non-hydrogen) atoms. The Morgan fingerprint density at radius 2 is 1.58 bits per heavy atom. The molecule has 6 nitrogen and oxygen atoms in total. The summed E-state index contributed by atoms with van der Waals surface area (Å²) >= 11 is 0. The normalized spacial score (nSPS) is 10.8. The van der Waals surface area contributed by atoms with Gasteiger partial charge in [0.2, 0.25) is 11.8 Å². The van der Waals surface area contributed by atoms with E-state index in [-0.39, 0.29) is 30.8 Å². The van der Waals surface area contributed by atoms with Crippen LogP contribution in [0.15, 0.2) is 71.1 Å². The molecule has 1 heterocycles. The van der Waals surface area contributed by atoms with Crippen LogP contribution in [0.1, 0.15) is 36.5 Å². The monoisotopic (exact) mass is 448 g/mol. The van der Waals surface area contributed by atoms with E-state index in [1.165, 1.54) is 0 Å². The Morgan fingerprint density at radius 1 is 0.879 bits per heavy atom. The van der Waals surface area contributed by atoms with Crippen LogP contribution in [0.2, 0.25) is 0 Å². The number of rotatable bonds is 10. The minimum Gasteiger partial charge on any atom is -0.497 e. The van der Waals surface area contributed by atoms with E-state index in [4.69, 9.17) is 9.15 Å². The van der Waals surface area contributed by atoms with Gasteiger partial charge in [-0.3, -0.25) is 9.59 Å². The molecule has 0 N–H and O–H groups in total. The number of amides is 2. The van der Waals surface area contributed by atoms with Gasteiger partial charge in [0.25, 0.3) is 0 Å². The molecular formula is C27H32N2O4. The highest BCUT2D eigenvalue weighted by molar-refractivity contribution is 5.86. The molecule has 0 saturated heterocycles. The van der Waals surface area contributed by atoms with E-state index in [1.807, 2.05) is 87.5 Å². The first-order valence-corrected chi connectivity index (χ1v) is 11.1. The van der Waals surface area contributed by atoms with Crippen LogP contribution in [0.5, 0.6) is 5.75 Å². The standard InChI is InChI=1S/C27H32N2O4/c1-20(2)29(26(30)16-22-11-14-24(32-4)15-12-22)19-27(31)28(17-23-8-6-5-7-9-23)18-25-13-10-21(3)33-25/h5-15,20H,16-19H2,1-4H3. The fraction of sp³-hybridized carbons (Fsp3) is 0.333. The van der Waals surface area contributed by atoms with Gasteiger partial charge in [0, 0.05) is 12.6 Å². The van der Waals surface area contributed by atoms with E-state index in [1.54, 1.807) is 16.9 Å². The predicted molar refractivity (Wildman–Crippen MR) is 128 cm³/mol. The maximum absolute atomic E-state index is 13.4. The molecule has 0 unspecified atom stereocenters. The first-order valence-electron chi connectivity index (χ1n) is 11.1. The Labute approximate surface area is 195 Å². The Morgan fingerprint density at radius 3 is 2.15 bits per heavy atom. The lowest BCUT2D eigenvalue weighted by Crippen LogP contribution is -2.46. The molecule has 3 aromatic rings. The average Bonchev–Trinajstić information content (AvgIpc) is 3.22. The largest absolute Gasteiger partial charge is 0.497 e. The molecular weight excluding hydrogens is 416 g/mol. The smallest absolute Gasteiger partial charge is 0.242 e. The van der Waals surface area contributed by atoms with E-state index in [9.17, 15) is 9.59 Å². The molecule has 1 aromatic heterocycles. The third kappa shape index (κ3) is 6.97. The van der Waals surface area contributed by atoms with E-state index in [2.05, 4.69) is 0 Å². The molecule has 0 fully saturated rings. The molecule has 3 rings (SSSR count). The van der Waals surface area contributed by atoms with Gasteiger partial charge in [-0.25, -0.2) is 0 Å². The SMILES string of the molecule is COc1ccc(CC(=O)N(CC(=O)N(Cc2ccccc2)Cc2ccc(C)o2)C(C)C)cc1. The molecule has 0 aliphatic carbocycles. The van der Waals surface area contributed by atoms with Crippen molar-refractivity contribution in [3.05, 3.63) is 89.4 Å². The van der Waals surface area contributed by atoms with Crippen LogP contribution in [0, 0.1) is 6.92 Å². The highest BCUT2D eigenvalue weighted by atomic mass is 16.5. The highest BCUT2D eigenvalue weighted by Gasteiger charge is 2.24. The number of benzene rings is 2. The summed E-state index contributed by atoms with van der Waals surface area (Å²) in [5.74, 6) is 2.06. The van der Waals surface area contributed by atoms with Crippen molar-refractivity contribution in [2.45, 2.75) is 46.3 Å². The van der Waals surface area contributed by atoms with Crippen LogP contribution >= 0.6 is 0 Å². The summed E-state index contributed by atoms with van der Waals surface area (Å²) in [7, 11) is 1.61. The topological polar surface area (TPSA) is 63.0 Å². The number of nitrogens with zero attached hydrogens (tertiary/aromatic N) is 2. The first-order chi connectivity index (χ1) is 15.9. The van der Waals surface area contributed by atoms with Crippen molar-refractivity contribution in [3.63, 3.8) is 0 Å². The van der Waals surface area contributed by atoms with Gasteiger partial charge in [0.1, 0.15) is 23.8 Å². The molecule has 174 valence electrons. The summed E-state index contributed by atoms with van der Waals surface area (Å²) in [6.45, 7) is 6.54. The third-order valence-electron chi connectivity index (χ3n) is 5.48. The van der Waals surface area contributed by atoms with Crippen LogP contribution < -0.4 is 4.74 Å².